The predicted octanol–water partition coefficient (Wildman–Crippen LogP) is 4.75. The van der Waals surface area contributed by atoms with Crippen LogP contribution in [-0.2, 0) is 20.9 Å². The van der Waals surface area contributed by atoms with Gasteiger partial charge in [-0.2, -0.15) is 0 Å². The molecular formula is C21H32O4. The van der Waals surface area contributed by atoms with Gasteiger partial charge in [-0.15, -0.1) is 0 Å². The van der Waals surface area contributed by atoms with E-state index in [-0.39, 0.29) is 18.2 Å². The van der Waals surface area contributed by atoms with Crippen LogP contribution in [0.2, 0.25) is 0 Å². The van der Waals surface area contributed by atoms with Crippen LogP contribution in [0.25, 0.3) is 0 Å². The van der Waals surface area contributed by atoms with E-state index in [9.17, 15) is 4.79 Å². The highest BCUT2D eigenvalue weighted by atomic mass is 16.6. The first-order chi connectivity index (χ1) is 12.0. The van der Waals surface area contributed by atoms with Gasteiger partial charge in [-0.3, -0.25) is 4.79 Å². The summed E-state index contributed by atoms with van der Waals surface area (Å²) in [5, 5.41) is 0. The third kappa shape index (κ3) is 6.03. The summed E-state index contributed by atoms with van der Waals surface area (Å²) in [6, 6.07) is 7.91. The zero-order valence-corrected chi connectivity index (χ0v) is 16.0. The van der Waals surface area contributed by atoms with Crippen molar-refractivity contribution in [3.63, 3.8) is 0 Å². The lowest BCUT2D eigenvalue weighted by molar-refractivity contribution is -0.172. The molecule has 0 saturated carbocycles. The molecule has 0 aromatic heterocycles. The van der Waals surface area contributed by atoms with Gasteiger partial charge < -0.3 is 14.2 Å². The van der Waals surface area contributed by atoms with Crippen LogP contribution < -0.4 is 4.74 Å². The quantitative estimate of drug-likeness (QED) is 0.604. The van der Waals surface area contributed by atoms with Crippen molar-refractivity contribution in [1.29, 1.82) is 0 Å². The molecule has 1 aromatic carbocycles. The second-order valence-corrected chi connectivity index (χ2v) is 7.32. The van der Waals surface area contributed by atoms with E-state index >= 15 is 0 Å². The van der Waals surface area contributed by atoms with Crippen LogP contribution in [0.1, 0.15) is 58.4 Å². The maximum absolute atomic E-state index is 11.9. The highest BCUT2D eigenvalue weighted by Gasteiger charge is 2.35. The van der Waals surface area contributed by atoms with E-state index in [1.807, 2.05) is 24.3 Å². The Labute approximate surface area is 151 Å². The van der Waals surface area contributed by atoms with Gasteiger partial charge in [-0.1, -0.05) is 45.7 Å². The summed E-state index contributed by atoms with van der Waals surface area (Å²) in [5.41, 5.74) is 1.10. The SMILES string of the molecule is CCCC[C@@H](C)[C@@H](OCc1ccc(OC)cc1)[C@H]1C[C@@H](C)CC(=O)O1. The molecule has 25 heavy (non-hydrogen) atoms. The van der Waals surface area contributed by atoms with E-state index in [4.69, 9.17) is 14.2 Å². The van der Waals surface area contributed by atoms with E-state index in [1.165, 1.54) is 6.42 Å². The summed E-state index contributed by atoms with van der Waals surface area (Å²) in [6.45, 7) is 7.04. The van der Waals surface area contributed by atoms with Crippen molar-refractivity contribution in [3.05, 3.63) is 29.8 Å². The maximum atomic E-state index is 11.9. The molecule has 1 aromatic rings. The summed E-state index contributed by atoms with van der Waals surface area (Å²) in [5.74, 6) is 1.47. The first-order valence-corrected chi connectivity index (χ1v) is 9.47. The van der Waals surface area contributed by atoms with Crippen LogP contribution in [0, 0.1) is 11.8 Å². The summed E-state index contributed by atoms with van der Waals surface area (Å²) >= 11 is 0. The zero-order valence-electron chi connectivity index (χ0n) is 16.0. The third-order valence-electron chi connectivity index (χ3n) is 4.97. The number of methoxy groups -OCH3 is 1. The summed E-state index contributed by atoms with van der Waals surface area (Å²) in [6.07, 6.45) is 4.63. The fourth-order valence-corrected chi connectivity index (χ4v) is 3.47. The number of ether oxygens (including phenoxy) is 3. The Morgan fingerprint density at radius 3 is 2.60 bits per heavy atom. The molecule has 1 saturated heterocycles. The summed E-state index contributed by atoms with van der Waals surface area (Å²) in [7, 11) is 1.66. The van der Waals surface area contributed by atoms with Crippen molar-refractivity contribution < 1.29 is 19.0 Å². The fraction of sp³-hybridized carbons (Fsp3) is 0.667. The van der Waals surface area contributed by atoms with Gasteiger partial charge in [0.25, 0.3) is 0 Å². The Hall–Kier alpha value is -1.55. The van der Waals surface area contributed by atoms with Crippen molar-refractivity contribution in [2.75, 3.05) is 7.11 Å². The number of hydrogen-bond acceptors (Lipinski definition) is 4. The lowest BCUT2D eigenvalue weighted by Gasteiger charge is -2.36. The predicted molar refractivity (Wildman–Crippen MR) is 98.5 cm³/mol. The fourth-order valence-electron chi connectivity index (χ4n) is 3.47. The molecule has 4 atom stereocenters. The minimum Gasteiger partial charge on any atom is -0.497 e. The normalized spacial score (nSPS) is 23.0. The van der Waals surface area contributed by atoms with Crippen LogP contribution in [0.3, 0.4) is 0 Å². The second-order valence-electron chi connectivity index (χ2n) is 7.32. The minimum absolute atomic E-state index is 0.0552. The average Bonchev–Trinajstić information content (AvgIpc) is 2.60. The molecule has 1 fully saturated rings. The van der Waals surface area contributed by atoms with Crippen molar-refractivity contribution in [1.82, 2.24) is 0 Å². The molecule has 0 amide bonds. The lowest BCUT2D eigenvalue weighted by Crippen LogP contribution is -2.42. The van der Waals surface area contributed by atoms with Crippen LogP contribution in [0.15, 0.2) is 24.3 Å². The van der Waals surface area contributed by atoms with E-state index in [0.717, 1.165) is 30.6 Å². The van der Waals surface area contributed by atoms with E-state index in [1.54, 1.807) is 7.11 Å². The molecule has 4 heteroatoms. The Morgan fingerprint density at radius 1 is 1.28 bits per heavy atom. The summed E-state index contributed by atoms with van der Waals surface area (Å²) in [4.78, 5) is 11.9. The highest BCUT2D eigenvalue weighted by Crippen LogP contribution is 2.30. The number of carbonyl (C=O) groups is 1. The van der Waals surface area contributed by atoms with Crippen LogP contribution in [0.4, 0.5) is 0 Å². The number of rotatable bonds is 9. The molecule has 1 heterocycles. The van der Waals surface area contributed by atoms with Gasteiger partial charge in [0.1, 0.15) is 11.9 Å². The monoisotopic (exact) mass is 348 g/mol. The van der Waals surface area contributed by atoms with Gasteiger partial charge in [0.15, 0.2) is 0 Å². The van der Waals surface area contributed by atoms with Gasteiger partial charge in [0, 0.05) is 6.42 Å². The lowest BCUT2D eigenvalue weighted by atomic mass is 9.87. The van der Waals surface area contributed by atoms with E-state index in [0.29, 0.717) is 24.9 Å². The number of esters is 1. The number of carbonyl (C=O) groups excluding carboxylic acids is 1. The molecule has 2 rings (SSSR count). The van der Waals surface area contributed by atoms with Gasteiger partial charge in [-0.25, -0.2) is 0 Å². The zero-order chi connectivity index (χ0) is 18.2. The highest BCUT2D eigenvalue weighted by molar-refractivity contribution is 5.70. The first-order valence-electron chi connectivity index (χ1n) is 9.47. The van der Waals surface area contributed by atoms with Crippen LogP contribution in [0.5, 0.6) is 5.75 Å². The van der Waals surface area contributed by atoms with E-state index < -0.39 is 0 Å². The number of unbranched alkanes of at least 4 members (excludes halogenated alkanes) is 1. The Morgan fingerprint density at radius 2 is 2.00 bits per heavy atom. The van der Waals surface area contributed by atoms with Crippen molar-refractivity contribution >= 4 is 5.97 Å². The first kappa shape index (κ1) is 19.8. The van der Waals surface area contributed by atoms with Gasteiger partial charge in [0.2, 0.25) is 0 Å². The molecule has 1 aliphatic heterocycles. The minimum atomic E-state index is -0.138. The molecule has 1 aliphatic rings. The molecular weight excluding hydrogens is 316 g/mol. The Bertz CT molecular complexity index is 525. The van der Waals surface area contributed by atoms with Crippen molar-refractivity contribution in [2.24, 2.45) is 11.8 Å². The van der Waals surface area contributed by atoms with Crippen molar-refractivity contribution in [2.45, 2.75) is 71.7 Å². The maximum Gasteiger partial charge on any atom is 0.306 e. The second kappa shape index (κ2) is 9.81. The molecule has 0 radical (unpaired) electrons. The Kier molecular flexibility index (Phi) is 7.76. The Balaban J connectivity index is 2.03. The molecule has 0 N–H and O–H groups in total. The third-order valence-corrected chi connectivity index (χ3v) is 4.97. The topological polar surface area (TPSA) is 44.8 Å². The smallest absolute Gasteiger partial charge is 0.306 e. The largest absolute Gasteiger partial charge is 0.497 e. The van der Waals surface area contributed by atoms with Crippen LogP contribution >= 0.6 is 0 Å². The number of benzene rings is 1. The molecule has 0 bridgehead atoms. The molecule has 0 unspecified atom stereocenters. The molecule has 0 aliphatic carbocycles. The van der Waals surface area contributed by atoms with Gasteiger partial charge >= 0.3 is 5.97 Å². The average molecular weight is 348 g/mol. The molecule has 0 spiro atoms. The molecule has 140 valence electrons. The standard InChI is InChI=1S/C21H32O4/c1-5-6-7-16(3)21(19-12-15(2)13-20(22)25-19)24-14-17-8-10-18(23-4)11-9-17/h8-11,15-16,19,21H,5-7,12-14H2,1-4H3/t15-,16-,19-,21-/m1/s1. The van der Waals surface area contributed by atoms with Crippen molar-refractivity contribution in [3.8, 4) is 5.75 Å². The van der Waals surface area contributed by atoms with Gasteiger partial charge in [0.05, 0.1) is 19.8 Å². The molecule has 4 nitrogen and oxygen atoms in total. The summed E-state index contributed by atoms with van der Waals surface area (Å²) < 4.78 is 17.1. The van der Waals surface area contributed by atoms with E-state index in [2.05, 4.69) is 20.8 Å². The number of cyclic esters (lactones) is 1. The van der Waals surface area contributed by atoms with Crippen LogP contribution in [-0.4, -0.2) is 25.3 Å². The number of hydrogen-bond donors (Lipinski definition) is 0. The van der Waals surface area contributed by atoms with Gasteiger partial charge in [-0.05, 0) is 42.4 Å².